The van der Waals surface area contributed by atoms with Crippen molar-refractivity contribution in [3.63, 3.8) is 0 Å². The number of carbonyl (C=O) groups excluding carboxylic acids is 1. The van der Waals surface area contributed by atoms with Gasteiger partial charge in [-0.2, -0.15) is 0 Å². The predicted molar refractivity (Wildman–Crippen MR) is 63.8 cm³/mol. The predicted octanol–water partition coefficient (Wildman–Crippen LogP) is -0.270. The number of ether oxygens (including phenoxy) is 2. The van der Waals surface area contributed by atoms with Gasteiger partial charge in [0.15, 0.2) is 0 Å². The Morgan fingerprint density at radius 1 is 1.59 bits per heavy atom. The van der Waals surface area contributed by atoms with E-state index in [9.17, 15) is 4.79 Å². The Labute approximate surface area is 102 Å². The maximum absolute atomic E-state index is 11.8. The second-order valence-electron chi connectivity index (χ2n) is 4.50. The number of morpholine rings is 1. The molecule has 2 fully saturated rings. The van der Waals surface area contributed by atoms with E-state index in [0.717, 1.165) is 19.6 Å². The van der Waals surface area contributed by atoms with Crippen LogP contribution in [-0.2, 0) is 14.3 Å². The molecule has 0 spiro atoms. The molecule has 0 saturated carbocycles. The standard InChI is InChI=1S/C12H20N2O3/c1-3-4-13-7-10-11(8-13)17-9-12(15)14(10)5-6-16-2/h3,10-11H,1,4-9H2,2H3/t10-,11-/m0/s1. The van der Waals surface area contributed by atoms with Gasteiger partial charge in [-0.25, -0.2) is 0 Å². The number of hydrogen-bond acceptors (Lipinski definition) is 4. The maximum Gasteiger partial charge on any atom is 0.249 e. The van der Waals surface area contributed by atoms with Gasteiger partial charge >= 0.3 is 0 Å². The van der Waals surface area contributed by atoms with Gasteiger partial charge in [-0.1, -0.05) is 6.08 Å². The van der Waals surface area contributed by atoms with E-state index in [1.54, 1.807) is 7.11 Å². The number of hydrogen-bond donors (Lipinski definition) is 0. The molecule has 2 saturated heterocycles. The van der Waals surface area contributed by atoms with E-state index < -0.39 is 0 Å². The van der Waals surface area contributed by atoms with Crippen LogP contribution in [0.2, 0.25) is 0 Å². The van der Waals surface area contributed by atoms with Crippen LogP contribution in [0.25, 0.3) is 0 Å². The quantitative estimate of drug-likeness (QED) is 0.620. The van der Waals surface area contributed by atoms with E-state index in [4.69, 9.17) is 9.47 Å². The smallest absolute Gasteiger partial charge is 0.249 e. The third kappa shape index (κ3) is 2.68. The molecule has 0 N–H and O–H groups in total. The summed E-state index contributed by atoms with van der Waals surface area (Å²) in [5.74, 6) is 0.0729. The number of methoxy groups -OCH3 is 1. The van der Waals surface area contributed by atoms with E-state index in [-0.39, 0.29) is 24.7 Å². The van der Waals surface area contributed by atoms with Gasteiger partial charge in [0.25, 0.3) is 0 Å². The van der Waals surface area contributed by atoms with Crippen LogP contribution in [0.4, 0.5) is 0 Å². The zero-order chi connectivity index (χ0) is 12.3. The molecule has 2 atom stereocenters. The van der Waals surface area contributed by atoms with Crippen LogP contribution in [0, 0.1) is 0 Å². The van der Waals surface area contributed by atoms with Crippen molar-refractivity contribution >= 4 is 5.91 Å². The zero-order valence-electron chi connectivity index (χ0n) is 10.3. The number of fused-ring (bicyclic) bond motifs is 1. The summed E-state index contributed by atoms with van der Waals surface area (Å²) < 4.78 is 10.6. The molecule has 2 aliphatic rings. The summed E-state index contributed by atoms with van der Waals surface area (Å²) in [5.41, 5.74) is 0. The molecule has 0 radical (unpaired) electrons. The number of nitrogens with zero attached hydrogens (tertiary/aromatic N) is 2. The molecular weight excluding hydrogens is 220 g/mol. The highest BCUT2D eigenvalue weighted by molar-refractivity contribution is 5.78. The highest BCUT2D eigenvalue weighted by atomic mass is 16.5. The van der Waals surface area contributed by atoms with Crippen molar-refractivity contribution in [2.24, 2.45) is 0 Å². The van der Waals surface area contributed by atoms with E-state index in [1.807, 2.05) is 11.0 Å². The molecule has 5 heteroatoms. The van der Waals surface area contributed by atoms with Gasteiger partial charge < -0.3 is 14.4 Å². The van der Waals surface area contributed by atoms with Gasteiger partial charge in [-0.3, -0.25) is 9.69 Å². The molecule has 0 bridgehead atoms. The molecule has 96 valence electrons. The summed E-state index contributed by atoms with van der Waals surface area (Å²) in [6, 6.07) is 0.173. The lowest BCUT2D eigenvalue weighted by Gasteiger charge is -2.36. The Kier molecular flexibility index (Phi) is 4.15. The molecule has 0 unspecified atom stereocenters. The second-order valence-corrected chi connectivity index (χ2v) is 4.50. The van der Waals surface area contributed by atoms with E-state index in [1.165, 1.54) is 0 Å². The second kappa shape index (κ2) is 5.62. The van der Waals surface area contributed by atoms with Gasteiger partial charge in [0, 0.05) is 33.3 Å². The summed E-state index contributed by atoms with van der Waals surface area (Å²) in [5, 5.41) is 0. The average molecular weight is 240 g/mol. The number of amides is 1. The first-order chi connectivity index (χ1) is 8.26. The zero-order valence-corrected chi connectivity index (χ0v) is 10.3. The van der Waals surface area contributed by atoms with E-state index >= 15 is 0 Å². The van der Waals surface area contributed by atoms with Crippen LogP contribution in [-0.4, -0.2) is 74.4 Å². The normalized spacial score (nSPS) is 29.5. The minimum absolute atomic E-state index is 0.0729. The minimum atomic E-state index is 0.0729. The van der Waals surface area contributed by atoms with Crippen molar-refractivity contribution in [1.82, 2.24) is 9.80 Å². The van der Waals surface area contributed by atoms with Crippen molar-refractivity contribution in [3.05, 3.63) is 12.7 Å². The monoisotopic (exact) mass is 240 g/mol. The third-order valence-corrected chi connectivity index (χ3v) is 3.38. The molecule has 0 aromatic carbocycles. The van der Waals surface area contributed by atoms with Crippen LogP contribution in [0.15, 0.2) is 12.7 Å². The van der Waals surface area contributed by atoms with Gasteiger partial charge in [0.05, 0.1) is 18.8 Å². The van der Waals surface area contributed by atoms with Gasteiger partial charge in [-0.05, 0) is 0 Å². The van der Waals surface area contributed by atoms with Crippen LogP contribution >= 0.6 is 0 Å². The lowest BCUT2D eigenvalue weighted by atomic mass is 10.1. The first-order valence-corrected chi connectivity index (χ1v) is 5.99. The Morgan fingerprint density at radius 3 is 3.12 bits per heavy atom. The Bertz CT molecular complexity index is 295. The average Bonchev–Trinajstić information content (AvgIpc) is 2.71. The Balaban J connectivity index is 1.99. The van der Waals surface area contributed by atoms with E-state index in [0.29, 0.717) is 13.2 Å². The Morgan fingerprint density at radius 2 is 2.41 bits per heavy atom. The van der Waals surface area contributed by atoms with Crippen LogP contribution in [0.5, 0.6) is 0 Å². The number of likely N-dealkylation sites (tertiary alicyclic amines) is 1. The lowest BCUT2D eigenvalue weighted by Crippen LogP contribution is -2.54. The summed E-state index contributed by atoms with van der Waals surface area (Å²) in [6.07, 6.45) is 2.03. The van der Waals surface area contributed by atoms with Crippen molar-refractivity contribution in [3.8, 4) is 0 Å². The fraction of sp³-hybridized carbons (Fsp3) is 0.750. The summed E-state index contributed by atoms with van der Waals surface area (Å²) in [4.78, 5) is 16.0. The largest absolute Gasteiger partial charge is 0.383 e. The molecular formula is C12H20N2O3. The molecule has 17 heavy (non-hydrogen) atoms. The van der Waals surface area contributed by atoms with Crippen molar-refractivity contribution in [2.75, 3.05) is 46.5 Å². The van der Waals surface area contributed by atoms with Crippen LogP contribution < -0.4 is 0 Å². The maximum atomic E-state index is 11.8. The van der Waals surface area contributed by atoms with Crippen LogP contribution in [0.3, 0.4) is 0 Å². The van der Waals surface area contributed by atoms with Crippen molar-refractivity contribution in [2.45, 2.75) is 12.1 Å². The summed E-state index contributed by atoms with van der Waals surface area (Å²) in [6.45, 7) is 7.78. The Hall–Kier alpha value is -0.910. The van der Waals surface area contributed by atoms with Crippen LogP contribution in [0.1, 0.15) is 0 Å². The van der Waals surface area contributed by atoms with Gasteiger partial charge in [0.2, 0.25) is 5.91 Å². The molecule has 1 amide bonds. The lowest BCUT2D eigenvalue weighted by molar-refractivity contribution is -0.153. The molecule has 5 nitrogen and oxygen atoms in total. The molecule has 2 heterocycles. The molecule has 2 aliphatic heterocycles. The van der Waals surface area contributed by atoms with Crippen molar-refractivity contribution < 1.29 is 14.3 Å². The highest BCUT2D eigenvalue weighted by Gasteiger charge is 2.42. The van der Waals surface area contributed by atoms with Gasteiger partial charge in [-0.15, -0.1) is 6.58 Å². The number of rotatable bonds is 5. The van der Waals surface area contributed by atoms with E-state index in [2.05, 4.69) is 11.5 Å². The summed E-state index contributed by atoms with van der Waals surface area (Å²) >= 11 is 0. The SMILES string of the molecule is C=CCN1C[C@@H]2OCC(=O)N(CCOC)[C@H]2C1. The number of carbonyl (C=O) groups is 1. The van der Waals surface area contributed by atoms with Gasteiger partial charge in [0.1, 0.15) is 6.61 Å². The minimum Gasteiger partial charge on any atom is -0.383 e. The molecule has 2 rings (SSSR count). The first kappa shape index (κ1) is 12.5. The van der Waals surface area contributed by atoms with Crippen molar-refractivity contribution in [1.29, 1.82) is 0 Å². The molecule has 0 aromatic heterocycles. The summed E-state index contributed by atoms with van der Waals surface area (Å²) in [7, 11) is 1.65. The topological polar surface area (TPSA) is 42.0 Å². The molecule has 0 aliphatic carbocycles. The first-order valence-electron chi connectivity index (χ1n) is 5.99. The third-order valence-electron chi connectivity index (χ3n) is 3.38. The fourth-order valence-electron chi connectivity index (χ4n) is 2.55. The molecule has 0 aromatic rings. The highest BCUT2D eigenvalue weighted by Crippen LogP contribution is 2.23. The fourth-order valence-corrected chi connectivity index (χ4v) is 2.55.